The van der Waals surface area contributed by atoms with Gasteiger partial charge in [-0.05, 0) is 24.3 Å². The molecule has 0 saturated carbocycles. The molecular weight excluding hydrogens is 316 g/mol. The highest BCUT2D eigenvalue weighted by atomic mass is 35.5. The molecule has 1 aromatic carbocycles. The Labute approximate surface area is 121 Å². The van der Waals surface area contributed by atoms with E-state index in [1.54, 1.807) is 0 Å². The second kappa shape index (κ2) is 5.61. The molecule has 2 rings (SSSR count). The van der Waals surface area contributed by atoms with Crippen LogP contribution in [0.25, 0.3) is 0 Å². The molecule has 4 nitrogen and oxygen atoms in total. The van der Waals surface area contributed by atoms with Crippen LogP contribution < -0.4 is 0 Å². The van der Waals surface area contributed by atoms with Crippen LogP contribution in [0.15, 0.2) is 29.4 Å². The van der Waals surface area contributed by atoms with Crippen molar-refractivity contribution in [3.8, 4) is 0 Å². The normalized spacial score (nSPS) is 22.1. The average Bonchev–Trinajstić information content (AvgIpc) is 2.78. The molecule has 0 aliphatic carbocycles. The van der Waals surface area contributed by atoms with Gasteiger partial charge >= 0.3 is 0 Å². The van der Waals surface area contributed by atoms with E-state index in [2.05, 4.69) is 5.10 Å². The smallest absolute Gasteiger partial charge is 0.287 e. The standard InChI is InChI=1S/C12H9ClF4N2O2/c13-7-3-1-6(2-4-7)10(20)19-12(21,11(16)17)5-8(18-19)9(14)15/h1-4,9,11,21H,5H2. The number of carbonyl (C=O) groups is 1. The van der Waals surface area contributed by atoms with Crippen molar-refractivity contribution in [3.05, 3.63) is 34.9 Å². The number of alkyl halides is 4. The zero-order chi connectivity index (χ0) is 15.8. The van der Waals surface area contributed by atoms with Crippen molar-refractivity contribution in [2.24, 2.45) is 5.10 Å². The Morgan fingerprint density at radius 3 is 2.33 bits per heavy atom. The summed E-state index contributed by atoms with van der Waals surface area (Å²) in [5, 5.41) is 13.3. The first-order valence-corrected chi connectivity index (χ1v) is 6.09. The Kier molecular flexibility index (Phi) is 4.20. The van der Waals surface area contributed by atoms with E-state index in [0.29, 0.717) is 5.02 Å². The molecule has 1 aliphatic heterocycles. The molecule has 1 heterocycles. The molecule has 1 aromatic rings. The minimum absolute atomic E-state index is 0.00238. The van der Waals surface area contributed by atoms with Crippen molar-refractivity contribution in [2.75, 3.05) is 0 Å². The highest BCUT2D eigenvalue weighted by Gasteiger charge is 2.53. The molecule has 114 valence electrons. The Hall–Kier alpha value is -1.67. The second-order valence-corrected chi connectivity index (χ2v) is 4.81. The Morgan fingerprint density at radius 1 is 1.29 bits per heavy atom. The van der Waals surface area contributed by atoms with E-state index in [0.717, 1.165) is 0 Å². The van der Waals surface area contributed by atoms with E-state index in [1.165, 1.54) is 24.3 Å². The van der Waals surface area contributed by atoms with E-state index in [4.69, 9.17) is 11.6 Å². The molecule has 0 radical (unpaired) electrons. The number of hydrazone groups is 1. The summed E-state index contributed by atoms with van der Waals surface area (Å²) in [5.41, 5.74) is -4.17. The minimum atomic E-state index is -3.45. The predicted molar refractivity (Wildman–Crippen MR) is 66.6 cm³/mol. The van der Waals surface area contributed by atoms with E-state index < -0.39 is 36.6 Å². The van der Waals surface area contributed by atoms with Crippen LogP contribution in [-0.2, 0) is 0 Å². The lowest BCUT2D eigenvalue weighted by Gasteiger charge is -2.29. The molecule has 0 spiro atoms. The molecule has 0 aromatic heterocycles. The monoisotopic (exact) mass is 324 g/mol. The highest BCUT2D eigenvalue weighted by Crippen LogP contribution is 2.34. The van der Waals surface area contributed by atoms with Crippen molar-refractivity contribution in [1.29, 1.82) is 0 Å². The fraction of sp³-hybridized carbons (Fsp3) is 0.333. The van der Waals surface area contributed by atoms with E-state index >= 15 is 0 Å². The van der Waals surface area contributed by atoms with Crippen LogP contribution in [0, 0.1) is 0 Å². The first kappa shape index (κ1) is 15.7. The van der Waals surface area contributed by atoms with Crippen molar-refractivity contribution in [1.82, 2.24) is 5.01 Å². The van der Waals surface area contributed by atoms with E-state index in [1.807, 2.05) is 0 Å². The molecule has 0 bridgehead atoms. The molecule has 1 amide bonds. The zero-order valence-electron chi connectivity index (χ0n) is 10.3. The maximum Gasteiger partial charge on any atom is 0.287 e. The molecule has 21 heavy (non-hydrogen) atoms. The quantitative estimate of drug-likeness (QED) is 0.869. The number of benzene rings is 1. The maximum absolute atomic E-state index is 13.0. The third-order valence-corrected chi connectivity index (χ3v) is 3.17. The van der Waals surface area contributed by atoms with Gasteiger partial charge in [-0.3, -0.25) is 4.79 Å². The Morgan fingerprint density at radius 2 is 1.86 bits per heavy atom. The van der Waals surface area contributed by atoms with Gasteiger partial charge < -0.3 is 5.11 Å². The number of nitrogens with zero attached hydrogens (tertiary/aromatic N) is 2. The topological polar surface area (TPSA) is 52.9 Å². The van der Waals surface area contributed by atoms with Crippen molar-refractivity contribution in [3.63, 3.8) is 0 Å². The van der Waals surface area contributed by atoms with Crippen LogP contribution in [0.4, 0.5) is 17.6 Å². The number of carbonyl (C=O) groups excluding carboxylic acids is 1. The summed E-state index contributed by atoms with van der Waals surface area (Å²) in [7, 11) is 0. The van der Waals surface area contributed by atoms with Crippen LogP contribution in [0.1, 0.15) is 16.8 Å². The lowest BCUT2D eigenvalue weighted by Crippen LogP contribution is -2.51. The minimum Gasteiger partial charge on any atom is -0.364 e. The molecule has 1 unspecified atom stereocenters. The molecule has 9 heteroatoms. The number of halogens is 5. The number of hydrogen-bond acceptors (Lipinski definition) is 3. The zero-order valence-corrected chi connectivity index (χ0v) is 11.1. The van der Waals surface area contributed by atoms with Crippen LogP contribution >= 0.6 is 11.6 Å². The van der Waals surface area contributed by atoms with Gasteiger partial charge in [0.05, 0.1) is 0 Å². The first-order valence-electron chi connectivity index (χ1n) is 5.72. The van der Waals surface area contributed by atoms with Gasteiger partial charge in [-0.2, -0.15) is 10.1 Å². The molecule has 1 N–H and O–H groups in total. The summed E-state index contributed by atoms with van der Waals surface area (Å²) >= 11 is 5.63. The van der Waals surface area contributed by atoms with Crippen LogP contribution in [0.3, 0.4) is 0 Å². The summed E-state index contributed by atoms with van der Waals surface area (Å²) in [6.45, 7) is 0. The van der Waals surface area contributed by atoms with Gasteiger partial charge in [0.1, 0.15) is 5.71 Å². The van der Waals surface area contributed by atoms with Crippen LogP contribution in [0.5, 0.6) is 0 Å². The second-order valence-electron chi connectivity index (χ2n) is 4.37. The third kappa shape index (κ3) is 2.86. The summed E-state index contributed by atoms with van der Waals surface area (Å²) in [5.74, 6) is -1.12. The summed E-state index contributed by atoms with van der Waals surface area (Å²) < 4.78 is 51.1. The van der Waals surface area contributed by atoms with Gasteiger partial charge in [0.25, 0.3) is 18.8 Å². The molecule has 1 aliphatic rings. The Balaban J connectivity index is 2.38. The number of aliphatic hydroxyl groups is 1. The molecule has 0 fully saturated rings. The Bertz CT molecular complexity index is 579. The average molecular weight is 325 g/mol. The maximum atomic E-state index is 13.0. The molecular formula is C12H9ClF4N2O2. The largest absolute Gasteiger partial charge is 0.364 e. The van der Waals surface area contributed by atoms with Gasteiger partial charge in [-0.15, -0.1) is 0 Å². The van der Waals surface area contributed by atoms with Gasteiger partial charge in [-0.25, -0.2) is 17.6 Å². The van der Waals surface area contributed by atoms with Crippen molar-refractivity contribution in [2.45, 2.75) is 25.0 Å². The predicted octanol–water partition coefficient (Wildman–Crippen LogP) is 2.76. The van der Waals surface area contributed by atoms with Gasteiger partial charge in [-0.1, -0.05) is 11.6 Å². The molecule has 0 saturated heterocycles. The van der Waals surface area contributed by atoms with Crippen molar-refractivity contribution >= 4 is 23.2 Å². The highest BCUT2D eigenvalue weighted by molar-refractivity contribution is 6.30. The summed E-state index contributed by atoms with van der Waals surface area (Å²) in [6.07, 6.45) is -7.70. The first-order chi connectivity index (χ1) is 9.75. The van der Waals surface area contributed by atoms with Gasteiger partial charge in [0, 0.05) is 17.0 Å². The van der Waals surface area contributed by atoms with Crippen LogP contribution in [0.2, 0.25) is 5.02 Å². The van der Waals surface area contributed by atoms with E-state index in [9.17, 15) is 27.5 Å². The lowest BCUT2D eigenvalue weighted by atomic mass is 10.1. The van der Waals surface area contributed by atoms with Crippen molar-refractivity contribution < 1.29 is 27.5 Å². The van der Waals surface area contributed by atoms with Gasteiger partial charge in [0.2, 0.25) is 5.72 Å². The SMILES string of the molecule is O=C(c1ccc(Cl)cc1)N1N=C(C(F)F)CC1(O)C(F)F. The molecule has 1 atom stereocenters. The fourth-order valence-electron chi connectivity index (χ4n) is 1.82. The lowest BCUT2D eigenvalue weighted by molar-refractivity contribution is -0.164. The number of hydrogen-bond donors (Lipinski definition) is 1. The fourth-order valence-corrected chi connectivity index (χ4v) is 1.94. The van der Waals surface area contributed by atoms with Gasteiger partial charge in [0.15, 0.2) is 0 Å². The van der Waals surface area contributed by atoms with E-state index in [-0.39, 0.29) is 10.6 Å². The summed E-state index contributed by atoms with van der Waals surface area (Å²) in [4.78, 5) is 12.1. The summed E-state index contributed by atoms with van der Waals surface area (Å²) in [6, 6.07) is 5.08. The number of amides is 1. The third-order valence-electron chi connectivity index (χ3n) is 2.92. The number of rotatable bonds is 3. The van der Waals surface area contributed by atoms with Crippen LogP contribution in [-0.4, -0.2) is 40.3 Å².